The van der Waals surface area contributed by atoms with Gasteiger partial charge in [0.05, 0.1) is 12.4 Å². The van der Waals surface area contributed by atoms with Crippen molar-refractivity contribution < 1.29 is 13.2 Å². The summed E-state index contributed by atoms with van der Waals surface area (Å²) in [5.74, 6) is 0.800. The predicted molar refractivity (Wildman–Crippen MR) is 68.8 cm³/mol. The van der Waals surface area contributed by atoms with Gasteiger partial charge >= 0.3 is 0 Å². The quantitative estimate of drug-likeness (QED) is 0.777. The van der Waals surface area contributed by atoms with Crippen LogP contribution in [-0.4, -0.2) is 20.8 Å². The third-order valence-corrected chi connectivity index (χ3v) is 3.27. The minimum Gasteiger partial charge on any atom is -0.494 e. The molecule has 0 saturated heterocycles. The van der Waals surface area contributed by atoms with Gasteiger partial charge in [0, 0.05) is 5.02 Å². The first-order chi connectivity index (χ1) is 7.97. The first-order valence-electron chi connectivity index (χ1n) is 5.36. The lowest BCUT2D eigenvalue weighted by molar-refractivity contribution is 0.306. The highest BCUT2D eigenvalue weighted by molar-refractivity contribution is 7.89. The van der Waals surface area contributed by atoms with Crippen molar-refractivity contribution in [3.05, 3.63) is 29.3 Å². The normalized spacial score (nSPS) is 11.4. The number of hydrogen-bond donors (Lipinski definition) is 1. The van der Waals surface area contributed by atoms with Crippen LogP contribution < -0.4 is 9.88 Å². The highest BCUT2D eigenvalue weighted by Gasteiger charge is 2.01. The summed E-state index contributed by atoms with van der Waals surface area (Å²) in [7, 11) is -3.32. The molecule has 0 aromatic heterocycles. The van der Waals surface area contributed by atoms with Crippen LogP contribution in [0.3, 0.4) is 0 Å². The fourth-order valence-corrected chi connectivity index (χ4v) is 2.04. The Hall–Kier alpha value is -0.780. The van der Waals surface area contributed by atoms with Crippen LogP contribution in [0, 0.1) is 0 Å². The number of unbranched alkanes of at least 4 members (excludes halogenated alkanes) is 2. The smallest absolute Gasteiger partial charge is 0.209 e. The molecule has 0 atom stereocenters. The zero-order chi connectivity index (χ0) is 12.7. The fourth-order valence-electron chi connectivity index (χ4n) is 1.30. The number of halogens is 1. The maximum atomic E-state index is 10.7. The van der Waals surface area contributed by atoms with Gasteiger partial charge in [-0.1, -0.05) is 11.6 Å². The molecule has 0 aliphatic carbocycles. The molecule has 0 radical (unpaired) electrons. The number of benzene rings is 1. The van der Waals surface area contributed by atoms with E-state index in [2.05, 4.69) is 0 Å². The molecule has 0 saturated carbocycles. The largest absolute Gasteiger partial charge is 0.494 e. The van der Waals surface area contributed by atoms with Gasteiger partial charge in [-0.3, -0.25) is 0 Å². The topological polar surface area (TPSA) is 69.4 Å². The minimum atomic E-state index is -3.32. The van der Waals surface area contributed by atoms with E-state index >= 15 is 0 Å². The van der Waals surface area contributed by atoms with E-state index < -0.39 is 10.0 Å². The Morgan fingerprint density at radius 1 is 1.12 bits per heavy atom. The SMILES string of the molecule is NS(=O)(=O)CCCCCOc1ccc(Cl)cc1. The van der Waals surface area contributed by atoms with Crippen molar-refractivity contribution in [2.75, 3.05) is 12.4 Å². The summed E-state index contributed by atoms with van der Waals surface area (Å²) >= 11 is 5.73. The van der Waals surface area contributed by atoms with Crippen LogP contribution in [0.25, 0.3) is 0 Å². The highest BCUT2D eigenvalue weighted by atomic mass is 35.5. The molecule has 0 heterocycles. The minimum absolute atomic E-state index is 0.0357. The van der Waals surface area contributed by atoms with Crippen LogP contribution in [0.5, 0.6) is 5.75 Å². The van der Waals surface area contributed by atoms with Crippen molar-refractivity contribution >= 4 is 21.6 Å². The van der Waals surface area contributed by atoms with E-state index in [-0.39, 0.29) is 5.75 Å². The maximum absolute atomic E-state index is 10.7. The second-order valence-electron chi connectivity index (χ2n) is 3.73. The van der Waals surface area contributed by atoms with E-state index in [9.17, 15) is 8.42 Å². The Balaban J connectivity index is 2.10. The van der Waals surface area contributed by atoms with Crippen molar-refractivity contribution in [1.82, 2.24) is 0 Å². The Kier molecular flexibility index (Phi) is 5.74. The van der Waals surface area contributed by atoms with Crippen LogP contribution in [-0.2, 0) is 10.0 Å². The molecule has 4 nitrogen and oxygen atoms in total. The maximum Gasteiger partial charge on any atom is 0.209 e. The Morgan fingerprint density at radius 3 is 2.35 bits per heavy atom. The molecule has 6 heteroatoms. The summed E-state index contributed by atoms with van der Waals surface area (Å²) in [5, 5.41) is 5.56. The number of ether oxygens (including phenoxy) is 1. The zero-order valence-corrected chi connectivity index (χ0v) is 11.0. The standard InChI is InChI=1S/C11H16ClNO3S/c12-10-4-6-11(7-5-10)16-8-2-1-3-9-17(13,14)15/h4-7H,1-3,8-9H2,(H2,13,14,15). The molecule has 1 rings (SSSR count). The van der Waals surface area contributed by atoms with Gasteiger partial charge in [0.2, 0.25) is 10.0 Å². The summed E-state index contributed by atoms with van der Waals surface area (Å²) in [6.07, 6.45) is 2.16. The molecule has 1 aromatic carbocycles. The Morgan fingerprint density at radius 2 is 1.76 bits per heavy atom. The van der Waals surface area contributed by atoms with Crippen molar-refractivity contribution in [2.45, 2.75) is 19.3 Å². The summed E-state index contributed by atoms with van der Waals surface area (Å²) in [6, 6.07) is 7.12. The molecule has 0 fully saturated rings. The molecule has 17 heavy (non-hydrogen) atoms. The van der Waals surface area contributed by atoms with E-state index in [1.54, 1.807) is 24.3 Å². The van der Waals surface area contributed by atoms with Gasteiger partial charge in [-0.2, -0.15) is 0 Å². The second-order valence-corrected chi connectivity index (χ2v) is 5.90. The lowest BCUT2D eigenvalue weighted by atomic mass is 10.3. The van der Waals surface area contributed by atoms with E-state index in [0.29, 0.717) is 18.1 Å². The third-order valence-electron chi connectivity index (χ3n) is 2.16. The van der Waals surface area contributed by atoms with E-state index in [1.807, 2.05) is 0 Å². The molecule has 0 unspecified atom stereocenters. The second kappa shape index (κ2) is 6.83. The predicted octanol–water partition coefficient (Wildman–Crippen LogP) is 2.18. The molecule has 0 aliphatic heterocycles. The van der Waals surface area contributed by atoms with Gasteiger partial charge in [0.1, 0.15) is 5.75 Å². The number of nitrogens with two attached hydrogens (primary N) is 1. The van der Waals surface area contributed by atoms with E-state index in [0.717, 1.165) is 18.6 Å². The number of hydrogen-bond acceptors (Lipinski definition) is 3. The zero-order valence-electron chi connectivity index (χ0n) is 9.43. The van der Waals surface area contributed by atoms with Crippen molar-refractivity contribution in [3.8, 4) is 5.75 Å². The molecule has 1 aromatic rings. The lowest BCUT2D eigenvalue weighted by Crippen LogP contribution is -2.16. The van der Waals surface area contributed by atoms with Gasteiger partial charge in [-0.05, 0) is 43.5 Å². The van der Waals surface area contributed by atoms with Gasteiger partial charge in [-0.15, -0.1) is 0 Å². The molecule has 0 aliphatic rings. The summed E-state index contributed by atoms with van der Waals surface area (Å²) < 4.78 is 26.8. The molecular formula is C11H16ClNO3S. The van der Waals surface area contributed by atoms with Crippen molar-refractivity contribution in [1.29, 1.82) is 0 Å². The highest BCUT2D eigenvalue weighted by Crippen LogP contribution is 2.15. The monoisotopic (exact) mass is 277 g/mol. The number of rotatable bonds is 7. The van der Waals surface area contributed by atoms with Crippen LogP contribution >= 0.6 is 11.6 Å². The number of sulfonamides is 1. The van der Waals surface area contributed by atoms with E-state index in [1.165, 1.54) is 0 Å². The molecule has 0 bridgehead atoms. The van der Waals surface area contributed by atoms with Crippen LogP contribution in [0.15, 0.2) is 24.3 Å². The van der Waals surface area contributed by atoms with Crippen LogP contribution in [0.1, 0.15) is 19.3 Å². The fraction of sp³-hybridized carbons (Fsp3) is 0.455. The van der Waals surface area contributed by atoms with Crippen molar-refractivity contribution in [2.24, 2.45) is 5.14 Å². The third kappa shape index (κ3) is 7.20. The number of primary sulfonamides is 1. The summed E-state index contributed by atoms with van der Waals surface area (Å²) in [6.45, 7) is 0.562. The Bertz CT molecular complexity index is 431. The first-order valence-corrected chi connectivity index (χ1v) is 7.45. The molecular weight excluding hydrogens is 262 g/mol. The van der Waals surface area contributed by atoms with Crippen LogP contribution in [0.2, 0.25) is 5.02 Å². The molecule has 2 N–H and O–H groups in total. The molecule has 96 valence electrons. The lowest BCUT2D eigenvalue weighted by Gasteiger charge is -2.05. The average molecular weight is 278 g/mol. The Labute approximate surface area is 107 Å². The van der Waals surface area contributed by atoms with Gasteiger partial charge in [-0.25, -0.2) is 13.6 Å². The average Bonchev–Trinajstić information content (AvgIpc) is 2.24. The van der Waals surface area contributed by atoms with Crippen LogP contribution in [0.4, 0.5) is 0 Å². The molecule has 0 spiro atoms. The molecule has 0 amide bonds. The summed E-state index contributed by atoms with van der Waals surface area (Å²) in [4.78, 5) is 0. The van der Waals surface area contributed by atoms with Gasteiger partial charge in [0.25, 0.3) is 0 Å². The van der Waals surface area contributed by atoms with Crippen molar-refractivity contribution in [3.63, 3.8) is 0 Å². The first kappa shape index (κ1) is 14.3. The van der Waals surface area contributed by atoms with Gasteiger partial charge in [0.15, 0.2) is 0 Å². The van der Waals surface area contributed by atoms with E-state index in [4.69, 9.17) is 21.5 Å². The summed E-state index contributed by atoms with van der Waals surface area (Å²) in [5.41, 5.74) is 0. The van der Waals surface area contributed by atoms with Gasteiger partial charge < -0.3 is 4.74 Å².